The van der Waals surface area contributed by atoms with Crippen LogP contribution in [0.25, 0.3) is 0 Å². The van der Waals surface area contributed by atoms with Crippen LogP contribution < -0.4 is 9.64 Å². The van der Waals surface area contributed by atoms with Crippen molar-refractivity contribution < 1.29 is 9.53 Å². The van der Waals surface area contributed by atoms with Gasteiger partial charge in [-0.15, -0.1) is 0 Å². The lowest BCUT2D eigenvalue weighted by atomic mass is 10.2. The molecular formula is C26H23N3O2S2. The van der Waals surface area contributed by atoms with E-state index in [0.717, 1.165) is 39.2 Å². The number of methoxy groups -OCH3 is 1. The Bertz CT molecular complexity index is 1240. The predicted molar refractivity (Wildman–Crippen MR) is 137 cm³/mol. The molecule has 1 amide bonds. The molecule has 5 nitrogen and oxygen atoms in total. The monoisotopic (exact) mass is 473 g/mol. The summed E-state index contributed by atoms with van der Waals surface area (Å²) < 4.78 is 5.26. The molecular weight excluding hydrogens is 450 g/mol. The average Bonchev–Trinajstić information content (AvgIpc) is 3.37. The number of rotatable bonds is 5. The molecule has 0 spiro atoms. The van der Waals surface area contributed by atoms with Gasteiger partial charge in [0.05, 0.1) is 25.0 Å². The Morgan fingerprint density at radius 2 is 1.61 bits per heavy atom. The normalized spacial score (nSPS) is 18.8. The van der Waals surface area contributed by atoms with E-state index in [2.05, 4.69) is 24.0 Å². The van der Waals surface area contributed by atoms with Gasteiger partial charge >= 0.3 is 0 Å². The molecule has 0 atom stereocenters. The Kier molecular flexibility index (Phi) is 6.15. The molecule has 3 aromatic rings. The molecule has 0 saturated carbocycles. The van der Waals surface area contributed by atoms with Gasteiger partial charge in [0.25, 0.3) is 5.91 Å². The molecule has 2 aliphatic heterocycles. The summed E-state index contributed by atoms with van der Waals surface area (Å²) in [6, 6.07) is 25.9. The second kappa shape index (κ2) is 9.37. The van der Waals surface area contributed by atoms with Gasteiger partial charge in [-0.1, -0.05) is 54.2 Å². The summed E-state index contributed by atoms with van der Waals surface area (Å²) in [5.41, 5.74) is 3.00. The Morgan fingerprint density at radius 1 is 0.879 bits per heavy atom. The molecule has 0 aromatic heterocycles. The van der Waals surface area contributed by atoms with Crippen molar-refractivity contribution in [3.63, 3.8) is 0 Å². The lowest BCUT2D eigenvalue weighted by Crippen LogP contribution is -2.29. The molecule has 166 valence electrons. The van der Waals surface area contributed by atoms with Gasteiger partial charge in [0.1, 0.15) is 15.7 Å². The number of nitrogens with zero attached hydrogens (tertiary/aromatic N) is 3. The van der Waals surface area contributed by atoms with Crippen molar-refractivity contribution in [2.45, 2.75) is 18.4 Å². The highest BCUT2D eigenvalue weighted by atomic mass is 32.2. The van der Waals surface area contributed by atoms with Gasteiger partial charge in [0, 0.05) is 11.4 Å². The number of carbonyl (C=O) groups is 1. The van der Waals surface area contributed by atoms with Crippen molar-refractivity contribution in [2.24, 2.45) is 4.99 Å². The molecule has 0 unspecified atom stereocenters. The van der Waals surface area contributed by atoms with Crippen molar-refractivity contribution in [3.05, 3.63) is 94.4 Å². The lowest BCUT2D eigenvalue weighted by molar-refractivity contribution is -0.122. The van der Waals surface area contributed by atoms with E-state index in [-0.39, 0.29) is 5.91 Å². The summed E-state index contributed by atoms with van der Waals surface area (Å²) in [7, 11) is 1.64. The molecule has 2 aliphatic rings. The van der Waals surface area contributed by atoms with Gasteiger partial charge in [-0.3, -0.25) is 9.69 Å². The topological polar surface area (TPSA) is 45.1 Å². The zero-order valence-corrected chi connectivity index (χ0v) is 20.0. The number of aliphatic imine (C=N–C) groups is 1. The van der Waals surface area contributed by atoms with Gasteiger partial charge in [-0.05, 0) is 60.6 Å². The zero-order chi connectivity index (χ0) is 22.8. The molecule has 0 aliphatic carbocycles. The van der Waals surface area contributed by atoms with Crippen LogP contribution in [0.15, 0.2) is 98.7 Å². The van der Waals surface area contributed by atoms with Crippen LogP contribution in [0.4, 0.5) is 11.4 Å². The molecule has 3 aromatic carbocycles. The fraction of sp³-hybridized carbons (Fsp3) is 0.154. The number of hydrogen-bond acceptors (Lipinski definition) is 6. The number of carbonyl (C=O) groups excluding carboxylic acids is 1. The van der Waals surface area contributed by atoms with E-state index in [1.54, 1.807) is 23.8 Å². The number of ether oxygens (including phenoxy) is 1. The molecule has 5 rings (SSSR count). The van der Waals surface area contributed by atoms with E-state index >= 15 is 0 Å². The third kappa shape index (κ3) is 4.26. The van der Waals surface area contributed by atoms with Crippen LogP contribution >= 0.6 is 23.5 Å². The van der Waals surface area contributed by atoms with Gasteiger partial charge in [0.15, 0.2) is 5.17 Å². The maximum atomic E-state index is 13.7. The molecule has 7 heteroatoms. The molecule has 33 heavy (non-hydrogen) atoms. The summed E-state index contributed by atoms with van der Waals surface area (Å²) in [5, 5.41) is 1.66. The average molecular weight is 474 g/mol. The van der Waals surface area contributed by atoms with Gasteiger partial charge < -0.3 is 9.64 Å². The molecule has 0 bridgehead atoms. The number of amides is 1. The van der Waals surface area contributed by atoms with Crippen LogP contribution in [0.2, 0.25) is 0 Å². The van der Waals surface area contributed by atoms with Crippen molar-refractivity contribution in [3.8, 4) is 5.75 Å². The highest BCUT2D eigenvalue weighted by Crippen LogP contribution is 2.50. The van der Waals surface area contributed by atoms with E-state index in [1.807, 2.05) is 66.7 Å². The summed E-state index contributed by atoms with van der Waals surface area (Å²) >= 11 is 3.11. The van der Waals surface area contributed by atoms with E-state index in [0.29, 0.717) is 11.7 Å². The predicted octanol–water partition coefficient (Wildman–Crippen LogP) is 6.26. The van der Waals surface area contributed by atoms with Crippen molar-refractivity contribution in [1.82, 2.24) is 4.90 Å². The maximum absolute atomic E-state index is 13.7. The van der Waals surface area contributed by atoms with Gasteiger partial charge in [-0.25, -0.2) is 4.99 Å². The maximum Gasteiger partial charge on any atom is 0.269 e. The first kappa shape index (κ1) is 21.7. The van der Waals surface area contributed by atoms with Crippen LogP contribution in [-0.4, -0.2) is 29.6 Å². The fourth-order valence-electron chi connectivity index (χ4n) is 3.81. The first-order valence-electron chi connectivity index (χ1n) is 10.7. The van der Waals surface area contributed by atoms with Crippen molar-refractivity contribution in [1.29, 1.82) is 0 Å². The Morgan fingerprint density at radius 3 is 2.33 bits per heavy atom. The largest absolute Gasteiger partial charge is 0.497 e. The number of amidine groups is 1. The minimum Gasteiger partial charge on any atom is -0.497 e. The standard InChI is InChI=1S/C26H23N3O2S2/c1-3-28-21-11-7-8-12-22(21)32-25(28)23-24(30)29(17-18-9-5-4-6-10-18)26(33-23)27-19-13-15-20(31-2)16-14-19/h4-16H,3,17H2,1-2H3. The van der Waals surface area contributed by atoms with Gasteiger partial charge in [0.2, 0.25) is 0 Å². The zero-order valence-electron chi connectivity index (χ0n) is 18.4. The Hall–Kier alpha value is -3.16. The molecule has 1 fully saturated rings. The first-order valence-corrected chi connectivity index (χ1v) is 12.4. The van der Waals surface area contributed by atoms with E-state index in [1.165, 1.54) is 16.7 Å². The number of fused-ring (bicyclic) bond motifs is 1. The Labute approximate surface area is 202 Å². The molecule has 0 N–H and O–H groups in total. The second-order valence-corrected chi connectivity index (χ2v) is 9.53. The third-order valence-corrected chi connectivity index (χ3v) is 7.84. The van der Waals surface area contributed by atoms with E-state index in [4.69, 9.17) is 9.73 Å². The first-order chi connectivity index (χ1) is 16.2. The highest BCUT2D eigenvalue weighted by Gasteiger charge is 2.39. The van der Waals surface area contributed by atoms with Crippen LogP contribution in [-0.2, 0) is 11.3 Å². The smallest absolute Gasteiger partial charge is 0.269 e. The van der Waals surface area contributed by atoms with E-state index in [9.17, 15) is 4.79 Å². The summed E-state index contributed by atoms with van der Waals surface area (Å²) in [6.07, 6.45) is 0. The second-order valence-electron chi connectivity index (χ2n) is 7.52. The van der Waals surface area contributed by atoms with Gasteiger partial charge in [-0.2, -0.15) is 0 Å². The SMILES string of the molecule is CCN1C(=C2SC(=Nc3ccc(OC)cc3)N(Cc3ccccc3)C2=O)Sc2ccccc21. The fourth-order valence-corrected chi connectivity index (χ4v) is 6.20. The van der Waals surface area contributed by atoms with Crippen LogP contribution in [0.5, 0.6) is 5.75 Å². The molecule has 1 saturated heterocycles. The highest BCUT2D eigenvalue weighted by molar-refractivity contribution is 8.19. The van der Waals surface area contributed by atoms with Crippen molar-refractivity contribution >= 4 is 46.0 Å². The summed E-state index contributed by atoms with van der Waals surface area (Å²) in [5.74, 6) is 0.765. The lowest BCUT2D eigenvalue weighted by Gasteiger charge is -2.19. The molecule has 2 heterocycles. The summed E-state index contributed by atoms with van der Waals surface area (Å²) in [6.45, 7) is 3.38. The van der Waals surface area contributed by atoms with E-state index < -0.39 is 0 Å². The summed E-state index contributed by atoms with van der Waals surface area (Å²) in [4.78, 5) is 24.5. The minimum atomic E-state index is -0.00938. The van der Waals surface area contributed by atoms with Crippen LogP contribution in [0.3, 0.4) is 0 Å². The number of para-hydroxylation sites is 1. The number of anilines is 1. The Balaban J connectivity index is 1.55. The quantitative estimate of drug-likeness (QED) is 0.409. The minimum absolute atomic E-state index is 0.00938. The number of hydrogen-bond donors (Lipinski definition) is 0. The number of thioether (sulfide) groups is 2. The number of benzene rings is 3. The third-order valence-electron chi connectivity index (χ3n) is 5.46. The van der Waals surface area contributed by atoms with Crippen molar-refractivity contribution in [2.75, 3.05) is 18.6 Å². The van der Waals surface area contributed by atoms with Crippen LogP contribution in [0.1, 0.15) is 12.5 Å². The van der Waals surface area contributed by atoms with Crippen LogP contribution in [0, 0.1) is 0 Å². The molecule has 0 radical (unpaired) electrons.